The van der Waals surface area contributed by atoms with Crippen molar-refractivity contribution < 1.29 is 9.59 Å². The largest absolute Gasteiger partial charge is 0.370 e. The number of amides is 2. The minimum Gasteiger partial charge on any atom is -0.370 e. The minimum absolute atomic E-state index is 0.0348. The van der Waals surface area contributed by atoms with Crippen LogP contribution >= 0.6 is 0 Å². The summed E-state index contributed by atoms with van der Waals surface area (Å²) >= 11 is 0. The number of nitrogens with one attached hydrogen (secondary N) is 1. The van der Waals surface area contributed by atoms with Gasteiger partial charge in [-0.2, -0.15) is 0 Å². The molecule has 6 aromatic carbocycles. The molecule has 2 aliphatic heterocycles. The first kappa shape index (κ1) is 30.1. The molecular formula is C43H34N4O2. The quantitative estimate of drug-likeness (QED) is 0.172. The van der Waals surface area contributed by atoms with E-state index >= 15 is 0 Å². The van der Waals surface area contributed by atoms with Gasteiger partial charge in [0, 0.05) is 22.5 Å². The molecule has 0 saturated carbocycles. The van der Waals surface area contributed by atoms with Crippen LogP contribution in [0.1, 0.15) is 39.4 Å². The van der Waals surface area contributed by atoms with Gasteiger partial charge in [-0.3, -0.25) is 9.59 Å². The molecule has 0 aromatic heterocycles. The summed E-state index contributed by atoms with van der Waals surface area (Å²) in [7, 11) is 0. The van der Waals surface area contributed by atoms with Gasteiger partial charge < -0.3 is 15.1 Å². The van der Waals surface area contributed by atoms with E-state index in [4.69, 9.17) is 4.99 Å². The Morgan fingerprint density at radius 1 is 0.551 bits per heavy atom. The summed E-state index contributed by atoms with van der Waals surface area (Å²) in [5.41, 5.74) is 10.1. The molecule has 0 fully saturated rings. The number of carbonyl (C=O) groups excluding carboxylic acids is 2. The van der Waals surface area contributed by atoms with Crippen molar-refractivity contribution in [2.24, 2.45) is 4.99 Å². The number of anilines is 3. The highest BCUT2D eigenvalue weighted by Gasteiger charge is 2.37. The molecule has 0 spiro atoms. The Labute approximate surface area is 286 Å². The Morgan fingerprint density at radius 2 is 1.14 bits per heavy atom. The number of aliphatic imine (C=N–C) groups is 1. The molecule has 2 heterocycles. The summed E-state index contributed by atoms with van der Waals surface area (Å²) in [6.07, 6.45) is 0.675. The fraction of sp³-hybridized carbons (Fsp3) is 0.0930. The summed E-state index contributed by atoms with van der Waals surface area (Å²) in [4.78, 5) is 36.0. The number of carbonyl (C=O) groups is 2. The number of para-hydroxylation sites is 2. The average molecular weight is 639 g/mol. The van der Waals surface area contributed by atoms with Crippen molar-refractivity contribution in [1.82, 2.24) is 0 Å². The second-order valence-electron chi connectivity index (χ2n) is 12.4. The van der Waals surface area contributed by atoms with Gasteiger partial charge >= 0.3 is 0 Å². The van der Waals surface area contributed by atoms with Crippen LogP contribution in [-0.2, 0) is 29.1 Å². The molecule has 0 aliphatic carbocycles. The first-order chi connectivity index (χ1) is 24.1. The first-order valence-electron chi connectivity index (χ1n) is 16.5. The molecule has 6 aromatic rings. The van der Waals surface area contributed by atoms with Gasteiger partial charge in [-0.15, -0.1) is 0 Å². The highest BCUT2D eigenvalue weighted by Crippen LogP contribution is 2.39. The van der Waals surface area contributed by atoms with Gasteiger partial charge in [-0.25, -0.2) is 4.99 Å². The van der Waals surface area contributed by atoms with Crippen LogP contribution in [-0.4, -0.2) is 17.5 Å². The Morgan fingerprint density at radius 3 is 1.90 bits per heavy atom. The second-order valence-corrected chi connectivity index (χ2v) is 12.4. The number of fused-ring (bicyclic) bond motifs is 2. The van der Waals surface area contributed by atoms with Crippen LogP contribution in [0.3, 0.4) is 0 Å². The zero-order valence-electron chi connectivity index (χ0n) is 26.9. The monoisotopic (exact) mass is 638 g/mol. The van der Waals surface area contributed by atoms with Gasteiger partial charge in [-0.05, 0) is 65.1 Å². The van der Waals surface area contributed by atoms with Crippen LogP contribution in [0.2, 0.25) is 0 Å². The van der Waals surface area contributed by atoms with Crippen LogP contribution < -0.4 is 15.1 Å². The van der Waals surface area contributed by atoms with E-state index in [1.54, 1.807) is 4.90 Å². The fourth-order valence-electron chi connectivity index (χ4n) is 6.78. The number of rotatable bonds is 9. The number of nitrogens with zero attached hydrogens (tertiary/aromatic N) is 3. The van der Waals surface area contributed by atoms with Crippen LogP contribution in [0.4, 0.5) is 22.7 Å². The Balaban J connectivity index is 1.01. The smallest absolute Gasteiger partial charge is 0.277 e. The van der Waals surface area contributed by atoms with E-state index in [1.807, 2.05) is 144 Å². The second kappa shape index (κ2) is 13.1. The van der Waals surface area contributed by atoms with E-state index < -0.39 is 6.04 Å². The van der Waals surface area contributed by atoms with Gasteiger partial charge in [0.25, 0.3) is 11.8 Å². The van der Waals surface area contributed by atoms with Gasteiger partial charge in [0.2, 0.25) is 0 Å². The Kier molecular flexibility index (Phi) is 8.04. The van der Waals surface area contributed by atoms with Crippen molar-refractivity contribution in [3.63, 3.8) is 0 Å². The highest BCUT2D eigenvalue weighted by atomic mass is 16.2. The third-order valence-corrected chi connectivity index (χ3v) is 9.11. The van der Waals surface area contributed by atoms with Crippen LogP contribution in [0.5, 0.6) is 0 Å². The van der Waals surface area contributed by atoms with Crippen molar-refractivity contribution in [2.45, 2.75) is 25.6 Å². The maximum absolute atomic E-state index is 13.8. The molecule has 49 heavy (non-hydrogen) atoms. The maximum atomic E-state index is 13.8. The predicted molar refractivity (Wildman–Crippen MR) is 196 cm³/mol. The van der Waals surface area contributed by atoms with E-state index in [9.17, 15) is 9.59 Å². The lowest BCUT2D eigenvalue weighted by Crippen LogP contribution is -2.30. The molecule has 0 saturated heterocycles. The van der Waals surface area contributed by atoms with Crippen LogP contribution in [0, 0.1) is 0 Å². The third-order valence-electron chi connectivity index (χ3n) is 9.11. The molecule has 1 unspecified atom stereocenters. The molecule has 2 aliphatic rings. The zero-order chi connectivity index (χ0) is 33.2. The molecule has 6 heteroatoms. The maximum Gasteiger partial charge on any atom is 0.277 e. The lowest BCUT2D eigenvalue weighted by atomic mass is 10.0. The summed E-state index contributed by atoms with van der Waals surface area (Å²) in [6, 6.07) is 51.8. The third kappa shape index (κ3) is 6.12. The molecule has 6 nitrogen and oxygen atoms in total. The summed E-state index contributed by atoms with van der Waals surface area (Å²) in [6.45, 7) is 1.01. The van der Waals surface area contributed by atoms with E-state index in [0.29, 0.717) is 25.2 Å². The van der Waals surface area contributed by atoms with Crippen molar-refractivity contribution in [3.05, 3.63) is 191 Å². The minimum atomic E-state index is -0.470. The van der Waals surface area contributed by atoms with Gasteiger partial charge in [0.1, 0.15) is 11.8 Å². The van der Waals surface area contributed by atoms with Crippen LogP contribution in [0.15, 0.2) is 163 Å². The standard InChI is InChI=1S/C43H34N4O2/c48-42-40(36-21-7-9-23-38(36)46(42)28-30-13-3-1-4-14-30)44-34-19-11-17-32(26-34)25-33-18-12-20-35(27-33)45-41-37-22-8-10-24-39(37)47(43(41)49)29-31-15-5-2-6-16-31/h1-24,26-27,40,44H,25,28-29H2. The topological polar surface area (TPSA) is 65.0 Å². The first-order valence-corrected chi connectivity index (χ1v) is 16.5. The summed E-state index contributed by atoms with van der Waals surface area (Å²) in [5.74, 6) is -0.0627. The Hall–Kier alpha value is -6.27. The van der Waals surface area contributed by atoms with Gasteiger partial charge in [-0.1, -0.05) is 121 Å². The number of benzene rings is 6. The number of hydrogen-bond donors (Lipinski definition) is 1. The molecule has 2 amide bonds. The SMILES string of the molecule is O=C1C(=Nc2cccc(Cc3cccc(NC4C(=O)N(Cc5ccccc5)c5ccccc54)c3)c2)c2ccccc2N1Cc1ccccc1. The zero-order valence-corrected chi connectivity index (χ0v) is 26.9. The van der Waals surface area contributed by atoms with Crippen molar-refractivity contribution in [3.8, 4) is 0 Å². The summed E-state index contributed by atoms with van der Waals surface area (Å²) in [5, 5.41) is 3.53. The van der Waals surface area contributed by atoms with Gasteiger partial charge in [0.05, 0.1) is 24.5 Å². The molecule has 1 atom stereocenters. The van der Waals surface area contributed by atoms with E-state index in [1.165, 1.54) is 0 Å². The molecule has 0 radical (unpaired) electrons. The molecule has 1 N–H and O–H groups in total. The Bertz CT molecular complexity index is 2200. The van der Waals surface area contributed by atoms with E-state index in [2.05, 4.69) is 23.5 Å². The lowest BCUT2D eigenvalue weighted by molar-refractivity contribution is -0.119. The lowest BCUT2D eigenvalue weighted by Gasteiger charge is -2.19. The van der Waals surface area contributed by atoms with Crippen molar-refractivity contribution in [1.29, 1.82) is 0 Å². The summed E-state index contributed by atoms with van der Waals surface area (Å²) < 4.78 is 0. The highest BCUT2D eigenvalue weighted by molar-refractivity contribution is 6.54. The normalized spacial score (nSPS) is 15.8. The van der Waals surface area contributed by atoms with E-state index in [0.717, 1.165) is 56.1 Å². The average Bonchev–Trinajstić information content (AvgIpc) is 3.55. The fourth-order valence-corrected chi connectivity index (χ4v) is 6.78. The molecular weight excluding hydrogens is 604 g/mol. The molecule has 0 bridgehead atoms. The van der Waals surface area contributed by atoms with Crippen molar-refractivity contribution in [2.75, 3.05) is 15.1 Å². The number of hydrogen-bond acceptors (Lipinski definition) is 4. The molecule has 8 rings (SSSR count). The van der Waals surface area contributed by atoms with Gasteiger partial charge in [0.15, 0.2) is 0 Å². The van der Waals surface area contributed by atoms with E-state index in [-0.39, 0.29) is 11.8 Å². The predicted octanol–water partition coefficient (Wildman–Crippen LogP) is 8.65. The van der Waals surface area contributed by atoms with Crippen LogP contribution in [0.25, 0.3) is 0 Å². The molecule has 238 valence electrons. The van der Waals surface area contributed by atoms with Crippen molar-refractivity contribution >= 4 is 40.3 Å².